The normalized spacial score (nSPS) is 11.4. The summed E-state index contributed by atoms with van der Waals surface area (Å²) in [6, 6.07) is 5.10. The SMILES string of the molecule is Cc1cc2ccc(=O)oc2c2c(CN)coc12. The topological polar surface area (TPSA) is 69.4 Å². The Morgan fingerprint density at radius 1 is 1.29 bits per heavy atom. The zero-order chi connectivity index (χ0) is 12.0. The molecular formula is C13H11NO3. The quantitative estimate of drug-likeness (QED) is 0.650. The Morgan fingerprint density at radius 2 is 2.12 bits per heavy atom. The van der Waals surface area contributed by atoms with Crippen molar-refractivity contribution in [2.75, 3.05) is 0 Å². The molecule has 0 aliphatic rings. The van der Waals surface area contributed by atoms with Gasteiger partial charge in [-0.25, -0.2) is 4.79 Å². The first-order chi connectivity index (χ1) is 8.20. The van der Waals surface area contributed by atoms with Crippen molar-refractivity contribution in [3.63, 3.8) is 0 Å². The number of benzene rings is 1. The van der Waals surface area contributed by atoms with E-state index in [1.165, 1.54) is 6.07 Å². The maximum Gasteiger partial charge on any atom is 0.336 e. The molecule has 0 atom stereocenters. The minimum atomic E-state index is -0.369. The van der Waals surface area contributed by atoms with Crippen LogP contribution >= 0.6 is 0 Å². The summed E-state index contributed by atoms with van der Waals surface area (Å²) in [7, 11) is 0. The molecule has 0 unspecified atom stereocenters. The highest BCUT2D eigenvalue weighted by molar-refractivity contribution is 6.05. The van der Waals surface area contributed by atoms with E-state index in [9.17, 15) is 4.79 Å². The highest BCUT2D eigenvalue weighted by atomic mass is 16.4. The van der Waals surface area contributed by atoms with E-state index in [1.54, 1.807) is 12.3 Å². The highest BCUT2D eigenvalue weighted by Gasteiger charge is 2.13. The lowest BCUT2D eigenvalue weighted by Crippen LogP contribution is -1.98. The van der Waals surface area contributed by atoms with E-state index in [4.69, 9.17) is 14.6 Å². The zero-order valence-corrected chi connectivity index (χ0v) is 9.32. The van der Waals surface area contributed by atoms with E-state index in [1.807, 2.05) is 13.0 Å². The molecular weight excluding hydrogens is 218 g/mol. The molecule has 0 radical (unpaired) electrons. The van der Waals surface area contributed by atoms with Crippen LogP contribution in [0.15, 0.2) is 38.1 Å². The molecule has 0 saturated heterocycles. The van der Waals surface area contributed by atoms with Crippen LogP contribution in [0.25, 0.3) is 21.9 Å². The first-order valence-electron chi connectivity index (χ1n) is 5.34. The first-order valence-corrected chi connectivity index (χ1v) is 5.34. The summed E-state index contributed by atoms with van der Waals surface area (Å²) in [6.07, 6.45) is 1.62. The predicted octanol–water partition coefficient (Wildman–Crippen LogP) is 2.31. The van der Waals surface area contributed by atoms with Crippen molar-refractivity contribution in [3.8, 4) is 0 Å². The van der Waals surface area contributed by atoms with E-state index >= 15 is 0 Å². The van der Waals surface area contributed by atoms with Gasteiger partial charge in [-0.05, 0) is 24.6 Å². The Bertz CT molecular complexity index is 767. The third-order valence-electron chi connectivity index (χ3n) is 2.91. The molecule has 0 aliphatic heterocycles. The molecule has 2 N–H and O–H groups in total. The molecule has 0 aliphatic carbocycles. The van der Waals surface area contributed by atoms with Crippen molar-refractivity contribution in [1.82, 2.24) is 0 Å². The maximum atomic E-state index is 11.3. The van der Waals surface area contributed by atoms with Crippen molar-refractivity contribution >= 4 is 21.9 Å². The summed E-state index contributed by atoms with van der Waals surface area (Å²) >= 11 is 0. The molecule has 4 heteroatoms. The van der Waals surface area contributed by atoms with Crippen molar-refractivity contribution < 1.29 is 8.83 Å². The summed E-state index contributed by atoms with van der Waals surface area (Å²) in [6.45, 7) is 2.31. The summed E-state index contributed by atoms with van der Waals surface area (Å²) in [5.41, 5.74) is 8.42. The molecule has 2 aromatic heterocycles. The summed E-state index contributed by atoms with van der Waals surface area (Å²) in [4.78, 5) is 11.3. The molecule has 0 bridgehead atoms. The first kappa shape index (κ1) is 10.1. The molecule has 0 fully saturated rings. The largest absolute Gasteiger partial charge is 0.464 e. The number of nitrogens with two attached hydrogens (primary N) is 1. The second-order valence-electron chi connectivity index (χ2n) is 4.04. The lowest BCUT2D eigenvalue weighted by molar-refractivity contribution is 0.563. The number of furan rings is 1. The van der Waals surface area contributed by atoms with Gasteiger partial charge in [0.2, 0.25) is 0 Å². The fraction of sp³-hybridized carbons (Fsp3) is 0.154. The Labute approximate surface area is 96.6 Å². The standard InChI is InChI=1S/C13H11NO3/c1-7-4-8-2-3-10(15)17-13(8)11-9(5-14)6-16-12(7)11/h2-4,6H,5,14H2,1H3. The molecule has 3 rings (SSSR count). The van der Waals surface area contributed by atoms with Crippen molar-refractivity contribution in [3.05, 3.63) is 46.0 Å². The van der Waals surface area contributed by atoms with Crippen LogP contribution < -0.4 is 11.4 Å². The average Bonchev–Trinajstić information content (AvgIpc) is 2.75. The van der Waals surface area contributed by atoms with Crippen LogP contribution in [0.4, 0.5) is 0 Å². The van der Waals surface area contributed by atoms with Gasteiger partial charge in [0.15, 0.2) is 0 Å². The minimum Gasteiger partial charge on any atom is -0.464 e. The van der Waals surface area contributed by atoms with Gasteiger partial charge in [-0.1, -0.05) is 0 Å². The van der Waals surface area contributed by atoms with E-state index < -0.39 is 0 Å². The Morgan fingerprint density at radius 3 is 2.88 bits per heavy atom. The van der Waals surface area contributed by atoms with Crippen LogP contribution in [0.5, 0.6) is 0 Å². The van der Waals surface area contributed by atoms with Crippen LogP contribution in [0.3, 0.4) is 0 Å². The summed E-state index contributed by atoms with van der Waals surface area (Å²) < 4.78 is 10.7. The predicted molar refractivity (Wildman–Crippen MR) is 64.9 cm³/mol. The zero-order valence-electron chi connectivity index (χ0n) is 9.32. The Balaban J connectivity index is 2.63. The van der Waals surface area contributed by atoms with Gasteiger partial charge in [0.1, 0.15) is 11.2 Å². The number of aryl methyl sites for hydroxylation is 1. The van der Waals surface area contributed by atoms with E-state index in [0.717, 1.165) is 27.5 Å². The van der Waals surface area contributed by atoms with Crippen LogP contribution in [-0.4, -0.2) is 0 Å². The van der Waals surface area contributed by atoms with Crippen molar-refractivity contribution in [2.45, 2.75) is 13.5 Å². The van der Waals surface area contributed by atoms with Gasteiger partial charge in [-0.2, -0.15) is 0 Å². The maximum absolute atomic E-state index is 11.3. The second kappa shape index (κ2) is 3.46. The molecule has 1 aromatic carbocycles. The molecule has 0 spiro atoms. The van der Waals surface area contributed by atoms with Gasteiger partial charge in [0.25, 0.3) is 0 Å². The number of fused-ring (bicyclic) bond motifs is 3. The third kappa shape index (κ3) is 1.38. The van der Waals surface area contributed by atoms with Gasteiger partial charge < -0.3 is 14.6 Å². The van der Waals surface area contributed by atoms with Crippen molar-refractivity contribution in [2.24, 2.45) is 5.73 Å². The van der Waals surface area contributed by atoms with Crippen LogP contribution in [0.1, 0.15) is 11.1 Å². The smallest absolute Gasteiger partial charge is 0.336 e. The molecule has 86 valence electrons. The molecule has 3 aromatic rings. The highest BCUT2D eigenvalue weighted by Crippen LogP contribution is 2.31. The molecule has 0 saturated carbocycles. The summed E-state index contributed by atoms with van der Waals surface area (Å²) in [5.74, 6) is 0. The van der Waals surface area contributed by atoms with Crippen molar-refractivity contribution in [1.29, 1.82) is 0 Å². The fourth-order valence-corrected chi connectivity index (χ4v) is 2.12. The monoisotopic (exact) mass is 229 g/mol. The van der Waals surface area contributed by atoms with E-state index in [2.05, 4.69) is 0 Å². The van der Waals surface area contributed by atoms with Gasteiger partial charge in [-0.15, -0.1) is 0 Å². The van der Waals surface area contributed by atoms with Gasteiger partial charge >= 0.3 is 5.63 Å². The molecule has 2 heterocycles. The number of hydrogen-bond donors (Lipinski definition) is 1. The van der Waals surface area contributed by atoms with E-state index in [-0.39, 0.29) is 5.63 Å². The fourth-order valence-electron chi connectivity index (χ4n) is 2.12. The van der Waals surface area contributed by atoms with Crippen LogP contribution in [0, 0.1) is 6.92 Å². The van der Waals surface area contributed by atoms with Crippen LogP contribution in [-0.2, 0) is 6.54 Å². The second-order valence-corrected chi connectivity index (χ2v) is 4.04. The van der Waals surface area contributed by atoms with Gasteiger partial charge in [0.05, 0.1) is 11.6 Å². The molecule has 4 nitrogen and oxygen atoms in total. The number of hydrogen-bond acceptors (Lipinski definition) is 4. The average molecular weight is 229 g/mol. The molecule has 0 amide bonds. The Hall–Kier alpha value is -2.07. The summed E-state index contributed by atoms with van der Waals surface area (Å²) in [5, 5.41) is 1.69. The Kier molecular flexibility index (Phi) is 2.06. The van der Waals surface area contributed by atoms with Gasteiger partial charge in [-0.3, -0.25) is 0 Å². The van der Waals surface area contributed by atoms with Crippen LogP contribution in [0.2, 0.25) is 0 Å². The third-order valence-corrected chi connectivity index (χ3v) is 2.91. The lowest BCUT2D eigenvalue weighted by atomic mass is 10.1. The van der Waals surface area contributed by atoms with Gasteiger partial charge in [0, 0.05) is 23.6 Å². The van der Waals surface area contributed by atoms with E-state index in [0.29, 0.717) is 12.1 Å². The minimum absolute atomic E-state index is 0.351. The number of rotatable bonds is 1. The lowest BCUT2D eigenvalue weighted by Gasteiger charge is -2.01. The molecule has 17 heavy (non-hydrogen) atoms.